The van der Waals surface area contributed by atoms with Gasteiger partial charge in [0.2, 0.25) is 0 Å². The second-order valence-corrected chi connectivity index (χ2v) is 4.26. The van der Waals surface area contributed by atoms with Gasteiger partial charge in [0, 0.05) is 18.2 Å². The van der Waals surface area contributed by atoms with Gasteiger partial charge in [-0.05, 0) is 31.0 Å². The van der Waals surface area contributed by atoms with E-state index in [9.17, 15) is 9.18 Å². The summed E-state index contributed by atoms with van der Waals surface area (Å²) in [4.78, 5) is 11.4. The van der Waals surface area contributed by atoms with Crippen molar-refractivity contribution in [2.75, 3.05) is 13.7 Å². The summed E-state index contributed by atoms with van der Waals surface area (Å²) in [7, 11) is 1.38. The van der Waals surface area contributed by atoms with E-state index in [2.05, 4.69) is 10.1 Å². The Morgan fingerprint density at radius 2 is 2.05 bits per heavy atom. The van der Waals surface area contributed by atoms with Crippen LogP contribution in [0.2, 0.25) is 0 Å². The Labute approximate surface area is 113 Å². The van der Waals surface area contributed by atoms with Crippen LogP contribution in [0, 0.1) is 5.82 Å². The maximum Gasteiger partial charge on any atom is 0.333 e. The molecule has 0 aliphatic heterocycles. The molecular weight excluding hydrogens is 245 g/mol. The SMILES string of the molecule is CC/C(=C/CNC(C)c1ccc(F)cc1)C(=O)OC. The largest absolute Gasteiger partial charge is 0.466 e. The molecule has 0 heterocycles. The number of rotatable bonds is 6. The van der Waals surface area contributed by atoms with Gasteiger partial charge in [0.1, 0.15) is 5.82 Å². The molecule has 0 amide bonds. The van der Waals surface area contributed by atoms with Crippen LogP contribution in [0.4, 0.5) is 4.39 Å². The van der Waals surface area contributed by atoms with E-state index in [0.717, 1.165) is 5.56 Å². The van der Waals surface area contributed by atoms with Gasteiger partial charge in [-0.3, -0.25) is 0 Å². The monoisotopic (exact) mass is 265 g/mol. The van der Waals surface area contributed by atoms with E-state index in [-0.39, 0.29) is 17.8 Å². The van der Waals surface area contributed by atoms with Gasteiger partial charge in [-0.25, -0.2) is 9.18 Å². The second-order valence-electron chi connectivity index (χ2n) is 4.26. The fourth-order valence-corrected chi connectivity index (χ4v) is 1.73. The molecule has 0 bridgehead atoms. The van der Waals surface area contributed by atoms with Crippen molar-refractivity contribution >= 4 is 5.97 Å². The molecule has 0 spiro atoms. The number of methoxy groups -OCH3 is 1. The fourth-order valence-electron chi connectivity index (χ4n) is 1.73. The van der Waals surface area contributed by atoms with Crippen molar-refractivity contribution in [3.05, 3.63) is 47.3 Å². The van der Waals surface area contributed by atoms with E-state index in [1.165, 1.54) is 19.2 Å². The first kappa shape index (κ1) is 15.4. The minimum Gasteiger partial charge on any atom is -0.466 e. The number of esters is 1. The van der Waals surface area contributed by atoms with E-state index in [4.69, 9.17) is 0 Å². The fraction of sp³-hybridized carbons (Fsp3) is 0.400. The summed E-state index contributed by atoms with van der Waals surface area (Å²) in [6.45, 7) is 4.47. The van der Waals surface area contributed by atoms with Gasteiger partial charge in [-0.2, -0.15) is 0 Å². The maximum atomic E-state index is 12.8. The van der Waals surface area contributed by atoms with Gasteiger partial charge >= 0.3 is 5.97 Å². The summed E-state index contributed by atoms with van der Waals surface area (Å²) in [5.74, 6) is -0.534. The molecule has 0 aromatic heterocycles. The van der Waals surface area contributed by atoms with Crippen molar-refractivity contribution in [2.45, 2.75) is 26.3 Å². The lowest BCUT2D eigenvalue weighted by atomic mass is 10.1. The molecule has 0 fully saturated rings. The highest BCUT2D eigenvalue weighted by molar-refractivity contribution is 5.88. The molecule has 4 heteroatoms. The van der Waals surface area contributed by atoms with E-state index >= 15 is 0 Å². The van der Waals surface area contributed by atoms with Crippen LogP contribution in [0.5, 0.6) is 0 Å². The first-order valence-corrected chi connectivity index (χ1v) is 6.34. The van der Waals surface area contributed by atoms with Crippen molar-refractivity contribution in [3.63, 3.8) is 0 Å². The third kappa shape index (κ3) is 4.83. The summed E-state index contributed by atoms with van der Waals surface area (Å²) in [5, 5.41) is 3.26. The Morgan fingerprint density at radius 3 is 2.58 bits per heavy atom. The van der Waals surface area contributed by atoms with Crippen LogP contribution in [-0.4, -0.2) is 19.6 Å². The molecule has 3 nitrogen and oxygen atoms in total. The van der Waals surface area contributed by atoms with Crippen LogP contribution in [-0.2, 0) is 9.53 Å². The molecule has 0 aliphatic carbocycles. The maximum absolute atomic E-state index is 12.8. The Kier molecular flexibility index (Phi) is 6.22. The highest BCUT2D eigenvalue weighted by Crippen LogP contribution is 2.12. The molecule has 1 atom stereocenters. The lowest BCUT2D eigenvalue weighted by molar-refractivity contribution is -0.136. The number of nitrogens with one attached hydrogen (secondary N) is 1. The summed E-state index contributed by atoms with van der Waals surface area (Å²) in [6, 6.07) is 6.47. The number of ether oxygens (including phenoxy) is 1. The molecular formula is C15H20FNO2. The summed E-state index contributed by atoms with van der Waals surface area (Å²) < 4.78 is 17.5. The van der Waals surface area contributed by atoms with Crippen LogP contribution < -0.4 is 5.32 Å². The Hall–Kier alpha value is -1.68. The molecule has 104 valence electrons. The third-order valence-electron chi connectivity index (χ3n) is 2.97. The number of carbonyl (C=O) groups is 1. The lowest BCUT2D eigenvalue weighted by Crippen LogP contribution is -2.19. The predicted molar refractivity (Wildman–Crippen MR) is 73.2 cm³/mol. The van der Waals surface area contributed by atoms with Gasteiger partial charge in [-0.15, -0.1) is 0 Å². The summed E-state index contributed by atoms with van der Waals surface area (Å²) in [6.07, 6.45) is 2.46. The molecule has 1 unspecified atom stereocenters. The Bertz CT molecular complexity index is 440. The molecule has 1 aromatic carbocycles. The van der Waals surface area contributed by atoms with Gasteiger partial charge in [0.05, 0.1) is 7.11 Å². The Balaban J connectivity index is 2.54. The molecule has 0 saturated carbocycles. The van der Waals surface area contributed by atoms with Gasteiger partial charge in [-0.1, -0.05) is 25.1 Å². The average molecular weight is 265 g/mol. The normalized spacial score (nSPS) is 13.2. The van der Waals surface area contributed by atoms with Gasteiger partial charge in [0.25, 0.3) is 0 Å². The summed E-state index contributed by atoms with van der Waals surface area (Å²) in [5.41, 5.74) is 1.66. The molecule has 1 aromatic rings. The van der Waals surface area contributed by atoms with Crippen molar-refractivity contribution < 1.29 is 13.9 Å². The zero-order chi connectivity index (χ0) is 14.3. The number of carbonyl (C=O) groups excluding carboxylic acids is 1. The highest BCUT2D eigenvalue weighted by Gasteiger charge is 2.07. The first-order chi connectivity index (χ1) is 9.08. The molecule has 0 saturated heterocycles. The van der Waals surface area contributed by atoms with Gasteiger partial charge < -0.3 is 10.1 Å². The van der Waals surface area contributed by atoms with Crippen LogP contribution in [0.3, 0.4) is 0 Å². The standard InChI is InChI=1S/C15H20FNO2/c1-4-12(15(18)19-3)9-10-17-11(2)13-5-7-14(16)8-6-13/h5-9,11,17H,4,10H2,1-3H3/b12-9-. The zero-order valence-corrected chi connectivity index (χ0v) is 11.6. The second kappa shape index (κ2) is 7.69. The van der Waals surface area contributed by atoms with Crippen LogP contribution in [0.25, 0.3) is 0 Å². The Morgan fingerprint density at radius 1 is 1.42 bits per heavy atom. The molecule has 0 radical (unpaired) electrons. The van der Waals surface area contributed by atoms with E-state index < -0.39 is 0 Å². The van der Waals surface area contributed by atoms with E-state index in [1.807, 2.05) is 19.9 Å². The average Bonchev–Trinajstić information content (AvgIpc) is 2.43. The van der Waals surface area contributed by atoms with Gasteiger partial charge in [0.15, 0.2) is 0 Å². The summed E-state index contributed by atoms with van der Waals surface area (Å²) >= 11 is 0. The number of hydrogen-bond acceptors (Lipinski definition) is 3. The molecule has 1 N–H and O–H groups in total. The zero-order valence-electron chi connectivity index (χ0n) is 11.6. The third-order valence-corrected chi connectivity index (χ3v) is 2.97. The highest BCUT2D eigenvalue weighted by atomic mass is 19.1. The molecule has 0 aliphatic rings. The van der Waals surface area contributed by atoms with Crippen LogP contribution in [0.1, 0.15) is 31.9 Å². The quantitative estimate of drug-likeness (QED) is 0.635. The number of hydrogen-bond donors (Lipinski definition) is 1. The van der Waals surface area contributed by atoms with Crippen molar-refractivity contribution in [3.8, 4) is 0 Å². The van der Waals surface area contributed by atoms with Crippen molar-refractivity contribution in [1.82, 2.24) is 5.32 Å². The minimum absolute atomic E-state index is 0.0904. The predicted octanol–water partition coefficient (Wildman–Crippen LogP) is 2.99. The topological polar surface area (TPSA) is 38.3 Å². The van der Waals surface area contributed by atoms with Crippen LogP contribution >= 0.6 is 0 Å². The first-order valence-electron chi connectivity index (χ1n) is 6.34. The van der Waals surface area contributed by atoms with E-state index in [0.29, 0.717) is 18.5 Å². The molecule has 19 heavy (non-hydrogen) atoms. The van der Waals surface area contributed by atoms with E-state index in [1.54, 1.807) is 12.1 Å². The minimum atomic E-state index is -0.293. The smallest absolute Gasteiger partial charge is 0.333 e. The van der Waals surface area contributed by atoms with Crippen LogP contribution in [0.15, 0.2) is 35.9 Å². The molecule has 1 rings (SSSR count). The number of halogens is 1. The van der Waals surface area contributed by atoms with Crippen molar-refractivity contribution in [2.24, 2.45) is 0 Å². The number of benzene rings is 1. The van der Waals surface area contributed by atoms with Crippen molar-refractivity contribution in [1.29, 1.82) is 0 Å². The lowest BCUT2D eigenvalue weighted by Gasteiger charge is -2.13.